The highest BCUT2D eigenvalue weighted by Crippen LogP contribution is 2.12. The normalized spacial score (nSPS) is 10.7. The highest BCUT2D eigenvalue weighted by molar-refractivity contribution is 5.31. The molecular weight excluding hydrogens is 234 g/mol. The van der Waals surface area contributed by atoms with E-state index in [1.807, 2.05) is 6.92 Å². The lowest BCUT2D eigenvalue weighted by molar-refractivity contribution is 0.634. The number of hydrogen-bond acceptors (Lipinski definition) is 2. The summed E-state index contributed by atoms with van der Waals surface area (Å²) >= 11 is 0. The Bertz CT molecular complexity index is 511. The maximum absolute atomic E-state index is 4.55. The van der Waals surface area contributed by atoms with Crippen molar-refractivity contribution >= 4 is 5.95 Å². The molecule has 0 atom stereocenters. The van der Waals surface area contributed by atoms with Crippen LogP contribution in [0.3, 0.4) is 0 Å². The van der Waals surface area contributed by atoms with Gasteiger partial charge in [0.25, 0.3) is 0 Å². The molecule has 0 saturated carbocycles. The molecule has 3 heteroatoms. The number of nitrogens with one attached hydrogen (secondary N) is 1. The average molecular weight is 257 g/mol. The molecule has 3 nitrogen and oxygen atoms in total. The molecule has 0 unspecified atom stereocenters. The summed E-state index contributed by atoms with van der Waals surface area (Å²) in [5.41, 5.74) is 3.65. The number of nitrogens with zero attached hydrogens (tertiary/aromatic N) is 2. The second kappa shape index (κ2) is 6.41. The third-order valence-electron chi connectivity index (χ3n) is 3.22. The predicted molar refractivity (Wildman–Crippen MR) is 80.4 cm³/mol. The second-order valence-corrected chi connectivity index (χ2v) is 5.09. The van der Waals surface area contributed by atoms with Crippen molar-refractivity contribution in [2.24, 2.45) is 0 Å². The van der Waals surface area contributed by atoms with E-state index in [4.69, 9.17) is 0 Å². The fraction of sp³-hybridized carbons (Fsp3) is 0.438. The van der Waals surface area contributed by atoms with E-state index in [1.54, 1.807) is 0 Å². The van der Waals surface area contributed by atoms with Crippen LogP contribution in [-0.2, 0) is 13.1 Å². The molecule has 1 aromatic heterocycles. The Balaban J connectivity index is 2.00. The number of unbranched alkanes of at least 4 members (excludes halogenated alkanes) is 1. The molecule has 0 aliphatic carbocycles. The van der Waals surface area contributed by atoms with Crippen molar-refractivity contribution < 1.29 is 0 Å². The van der Waals surface area contributed by atoms with Gasteiger partial charge in [0.2, 0.25) is 5.95 Å². The number of aryl methyl sites for hydroxylation is 3. The van der Waals surface area contributed by atoms with Crippen LogP contribution in [-0.4, -0.2) is 9.55 Å². The van der Waals surface area contributed by atoms with E-state index in [0.717, 1.165) is 24.7 Å². The van der Waals surface area contributed by atoms with Crippen LogP contribution >= 0.6 is 0 Å². The predicted octanol–water partition coefficient (Wildman–Crippen LogP) is 3.91. The quantitative estimate of drug-likeness (QED) is 0.850. The van der Waals surface area contributed by atoms with Crippen LogP contribution in [0.1, 0.15) is 36.6 Å². The molecular formula is C16H23N3. The van der Waals surface area contributed by atoms with Crippen LogP contribution in [0, 0.1) is 13.8 Å². The van der Waals surface area contributed by atoms with Gasteiger partial charge in [-0.1, -0.05) is 43.2 Å². The number of imidazole rings is 1. The first-order chi connectivity index (χ1) is 9.19. The van der Waals surface area contributed by atoms with Gasteiger partial charge in [-0.3, -0.25) is 0 Å². The van der Waals surface area contributed by atoms with Crippen LogP contribution in [0.4, 0.5) is 5.95 Å². The average Bonchev–Trinajstić information content (AvgIpc) is 2.76. The largest absolute Gasteiger partial charge is 0.352 e. The van der Waals surface area contributed by atoms with E-state index in [-0.39, 0.29) is 0 Å². The molecule has 1 N–H and O–H groups in total. The monoisotopic (exact) mass is 257 g/mol. The maximum Gasteiger partial charge on any atom is 0.203 e. The summed E-state index contributed by atoms with van der Waals surface area (Å²) in [7, 11) is 0. The van der Waals surface area contributed by atoms with Crippen LogP contribution in [0.15, 0.2) is 30.5 Å². The Morgan fingerprint density at radius 1 is 1.16 bits per heavy atom. The highest BCUT2D eigenvalue weighted by Gasteiger charge is 2.04. The van der Waals surface area contributed by atoms with Gasteiger partial charge in [0.15, 0.2) is 0 Å². The molecule has 0 aliphatic rings. The molecule has 0 saturated heterocycles. The van der Waals surface area contributed by atoms with Crippen LogP contribution in [0.25, 0.3) is 0 Å². The first-order valence-electron chi connectivity index (χ1n) is 7.02. The standard InChI is InChI=1S/C16H23N3/c1-4-5-10-19-12-14(3)18-16(19)17-11-15-8-6-13(2)7-9-15/h6-9,12H,4-5,10-11H2,1-3H3,(H,17,18). The van der Waals surface area contributed by atoms with E-state index in [1.165, 1.54) is 24.0 Å². The smallest absolute Gasteiger partial charge is 0.203 e. The minimum absolute atomic E-state index is 0.822. The van der Waals surface area contributed by atoms with Crippen LogP contribution in [0.5, 0.6) is 0 Å². The third-order valence-corrected chi connectivity index (χ3v) is 3.22. The van der Waals surface area contributed by atoms with E-state index in [9.17, 15) is 0 Å². The molecule has 0 amide bonds. The van der Waals surface area contributed by atoms with Crippen molar-refractivity contribution in [1.82, 2.24) is 9.55 Å². The molecule has 0 bridgehead atoms. The minimum Gasteiger partial charge on any atom is -0.352 e. The van der Waals surface area contributed by atoms with Crippen molar-refractivity contribution in [2.75, 3.05) is 5.32 Å². The van der Waals surface area contributed by atoms with Crippen LogP contribution < -0.4 is 5.32 Å². The molecule has 0 spiro atoms. The zero-order valence-corrected chi connectivity index (χ0v) is 12.1. The molecule has 1 heterocycles. The number of benzene rings is 1. The van der Waals surface area contributed by atoms with Crippen molar-refractivity contribution in [3.63, 3.8) is 0 Å². The summed E-state index contributed by atoms with van der Waals surface area (Å²) in [6, 6.07) is 8.61. The topological polar surface area (TPSA) is 29.9 Å². The zero-order chi connectivity index (χ0) is 13.7. The Labute approximate surface area is 115 Å². The van der Waals surface area contributed by atoms with Gasteiger partial charge in [-0.05, 0) is 25.8 Å². The summed E-state index contributed by atoms with van der Waals surface area (Å²) in [5.74, 6) is 0.978. The summed E-state index contributed by atoms with van der Waals surface area (Å²) in [4.78, 5) is 4.55. The number of rotatable bonds is 6. The summed E-state index contributed by atoms with van der Waals surface area (Å²) in [5, 5.41) is 3.43. The summed E-state index contributed by atoms with van der Waals surface area (Å²) in [6.07, 6.45) is 4.51. The van der Waals surface area contributed by atoms with E-state index >= 15 is 0 Å². The Hall–Kier alpha value is -1.77. The van der Waals surface area contributed by atoms with Crippen molar-refractivity contribution in [2.45, 2.75) is 46.7 Å². The molecule has 1 aromatic carbocycles. The first-order valence-corrected chi connectivity index (χ1v) is 7.02. The highest BCUT2D eigenvalue weighted by atomic mass is 15.2. The number of aromatic nitrogens is 2. The van der Waals surface area contributed by atoms with E-state index < -0.39 is 0 Å². The summed E-state index contributed by atoms with van der Waals surface area (Å²) < 4.78 is 2.22. The van der Waals surface area contributed by atoms with Gasteiger partial charge in [-0.25, -0.2) is 4.98 Å². The van der Waals surface area contributed by atoms with E-state index in [0.29, 0.717) is 0 Å². The molecule has 102 valence electrons. The SMILES string of the molecule is CCCCn1cc(C)nc1NCc1ccc(C)cc1. The van der Waals surface area contributed by atoms with Gasteiger partial charge < -0.3 is 9.88 Å². The first kappa shape index (κ1) is 13.7. The lowest BCUT2D eigenvalue weighted by Gasteiger charge is -2.09. The van der Waals surface area contributed by atoms with Crippen molar-refractivity contribution in [1.29, 1.82) is 0 Å². The Kier molecular flexibility index (Phi) is 4.61. The lowest BCUT2D eigenvalue weighted by Crippen LogP contribution is -2.07. The molecule has 2 rings (SSSR count). The third kappa shape index (κ3) is 3.85. The van der Waals surface area contributed by atoms with Crippen molar-refractivity contribution in [3.05, 3.63) is 47.3 Å². The molecule has 0 radical (unpaired) electrons. The minimum atomic E-state index is 0.822. The van der Waals surface area contributed by atoms with Crippen molar-refractivity contribution in [3.8, 4) is 0 Å². The zero-order valence-electron chi connectivity index (χ0n) is 12.1. The van der Waals surface area contributed by atoms with Gasteiger partial charge in [-0.15, -0.1) is 0 Å². The lowest BCUT2D eigenvalue weighted by atomic mass is 10.1. The summed E-state index contributed by atoms with van der Waals surface area (Å²) in [6.45, 7) is 8.22. The fourth-order valence-electron chi connectivity index (χ4n) is 2.07. The maximum atomic E-state index is 4.55. The number of anilines is 1. The molecule has 0 aliphatic heterocycles. The van der Waals surface area contributed by atoms with Gasteiger partial charge in [0.05, 0.1) is 5.69 Å². The van der Waals surface area contributed by atoms with Gasteiger partial charge in [0.1, 0.15) is 0 Å². The fourth-order valence-corrected chi connectivity index (χ4v) is 2.07. The van der Waals surface area contributed by atoms with E-state index in [2.05, 4.69) is 59.2 Å². The van der Waals surface area contributed by atoms with Gasteiger partial charge in [0, 0.05) is 19.3 Å². The van der Waals surface area contributed by atoms with Crippen LogP contribution in [0.2, 0.25) is 0 Å². The van der Waals surface area contributed by atoms with Gasteiger partial charge >= 0.3 is 0 Å². The second-order valence-electron chi connectivity index (χ2n) is 5.09. The Morgan fingerprint density at radius 3 is 2.58 bits per heavy atom. The molecule has 19 heavy (non-hydrogen) atoms. The van der Waals surface area contributed by atoms with Gasteiger partial charge in [-0.2, -0.15) is 0 Å². The Morgan fingerprint density at radius 2 is 1.89 bits per heavy atom. The molecule has 0 fully saturated rings. The molecule has 2 aromatic rings. The number of hydrogen-bond donors (Lipinski definition) is 1.